The predicted octanol–water partition coefficient (Wildman–Crippen LogP) is 1.24. The van der Waals surface area contributed by atoms with Gasteiger partial charge in [0, 0.05) is 12.6 Å². The van der Waals surface area contributed by atoms with Gasteiger partial charge in [-0.3, -0.25) is 0 Å². The molecule has 0 aliphatic carbocycles. The molecular formula is C10H19N3O. The minimum absolute atomic E-state index is 0.796. The second kappa shape index (κ2) is 5.78. The van der Waals surface area contributed by atoms with Gasteiger partial charge in [0.05, 0.1) is 12.2 Å². The zero-order chi connectivity index (χ0) is 10.4. The van der Waals surface area contributed by atoms with Gasteiger partial charge in [0.15, 0.2) is 5.76 Å². The highest BCUT2D eigenvalue weighted by molar-refractivity contribution is 5.04. The van der Waals surface area contributed by atoms with Crippen LogP contribution >= 0.6 is 0 Å². The van der Waals surface area contributed by atoms with Crippen molar-refractivity contribution in [3.63, 3.8) is 0 Å². The van der Waals surface area contributed by atoms with Crippen molar-refractivity contribution in [2.45, 2.75) is 26.4 Å². The maximum atomic E-state index is 5.17. The van der Waals surface area contributed by atoms with Crippen LogP contribution in [0, 0.1) is 0 Å². The molecule has 1 heterocycles. The molecule has 4 nitrogen and oxygen atoms in total. The largest absolute Gasteiger partial charge is 0.360 e. The number of aromatic nitrogens is 1. The summed E-state index contributed by atoms with van der Waals surface area (Å²) in [5.74, 6) is 0.920. The van der Waals surface area contributed by atoms with Gasteiger partial charge in [0.25, 0.3) is 0 Å². The van der Waals surface area contributed by atoms with Crippen molar-refractivity contribution in [2.75, 3.05) is 20.6 Å². The molecule has 0 bridgehead atoms. The summed E-state index contributed by atoms with van der Waals surface area (Å²) in [6.07, 6.45) is 1.14. The summed E-state index contributed by atoms with van der Waals surface area (Å²) < 4.78 is 5.17. The van der Waals surface area contributed by atoms with E-state index in [2.05, 4.69) is 22.3 Å². The molecule has 0 aliphatic rings. The van der Waals surface area contributed by atoms with E-state index in [9.17, 15) is 0 Å². The van der Waals surface area contributed by atoms with E-state index in [-0.39, 0.29) is 0 Å². The maximum absolute atomic E-state index is 5.17. The van der Waals surface area contributed by atoms with E-state index < -0.39 is 0 Å². The first-order valence-corrected chi connectivity index (χ1v) is 5.02. The zero-order valence-corrected chi connectivity index (χ0v) is 9.21. The topological polar surface area (TPSA) is 41.3 Å². The Hall–Kier alpha value is -0.870. The zero-order valence-electron chi connectivity index (χ0n) is 9.21. The van der Waals surface area contributed by atoms with E-state index in [1.165, 1.54) is 0 Å². The van der Waals surface area contributed by atoms with Crippen LogP contribution in [0.15, 0.2) is 10.6 Å². The Balaban J connectivity index is 2.35. The third-order valence-corrected chi connectivity index (χ3v) is 1.81. The van der Waals surface area contributed by atoms with E-state index in [1.54, 1.807) is 0 Å². The number of nitrogens with zero attached hydrogens (tertiary/aromatic N) is 2. The van der Waals surface area contributed by atoms with Gasteiger partial charge in [-0.05, 0) is 27.1 Å². The fourth-order valence-electron chi connectivity index (χ4n) is 1.22. The number of nitrogens with one attached hydrogen (secondary N) is 1. The van der Waals surface area contributed by atoms with Crippen LogP contribution in [0.3, 0.4) is 0 Å². The van der Waals surface area contributed by atoms with Crippen LogP contribution in [-0.2, 0) is 13.1 Å². The minimum atomic E-state index is 0.796. The van der Waals surface area contributed by atoms with Gasteiger partial charge in [-0.2, -0.15) is 0 Å². The summed E-state index contributed by atoms with van der Waals surface area (Å²) in [5, 5.41) is 7.26. The van der Waals surface area contributed by atoms with Gasteiger partial charge in [0.2, 0.25) is 0 Å². The average molecular weight is 197 g/mol. The van der Waals surface area contributed by atoms with E-state index in [1.807, 2.05) is 20.2 Å². The van der Waals surface area contributed by atoms with Crippen molar-refractivity contribution in [3.05, 3.63) is 17.5 Å². The van der Waals surface area contributed by atoms with Gasteiger partial charge in [-0.15, -0.1) is 0 Å². The third kappa shape index (κ3) is 3.89. The molecule has 1 N–H and O–H groups in total. The lowest BCUT2D eigenvalue weighted by Gasteiger charge is -2.03. The molecule has 0 amide bonds. The first-order valence-electron chi connectivity index (χ1n) is 5.02. The highest BCUT2D eigenvalue weighted by Gasteiger charge is 2.03. The number of hydrogen-bond donors (Lipinski definition) is 1. The monoisotopic (exact) mass is 197 g/mol. The quantitative estimate of drug-likeness (QED) is 0.697. The summed E-state index contributed by atoms with van der Waals surface area (Å²) in [6.45, 7) is 4.77. The SMILES string of the molecule is CCCNCc1cc(CN(C)C)on1. The summed E-state index contributed by atoms with van der Waals surface area (Å²) in [6, 6.07) is 2.00. The Morgan fingerprint density at radius 3 is 2.93 bits per heavy atom. The second-order valence-electron chi connectivity index (χ2n) is 3.70. The van der Waals surface area contributed by atoms with Crippen LogP contribution in [0.1, 0.15) is 24.8 Å². The van der Waals surface area contributed by atoms with Crippen LogP contribution in [0.25, 0.3) is 0 Å². The van der Waals surface area contributed by atoms with E-state index in [4.69, 9.17) is 4.52 Å². The van der Waals surface area contributed by atoms with Gasteiger partial charge in [-0.25, -0.2) is 0 Å². The van der Waals surface area contributed by atoms with Gasteiger partial charge in [0.1, 0.15) is 0 Å². The van der Waals surface area contributed by atoms with Crippen molar-refractivity contribution in [3.8, 4) is 0 Å². The molecule has 0 aromatic carbocycles. The number of rotatable bonds is 6. The van der Waals surface area contributed by atoms with Gasteiger partial charge < -0.3 is 14.7 Å². The lowest BCUT2D eigenvalue weighted by atomic mass is 10.3. The Kier molecular flexibility index (Phi) is 4.62. The molecule has 4 heteroatoms. The molecule has 0 saturated heterocycles. The van der Waals surface area contributed by atoms with Crippen LogP contribution in [-0.4, -0.2) is 30.7 Å². The minimum Gasteiger partial charge on any atom is -0.360 e. The molecule has 0 radical (unpaired) electrons. The molecule has 80 valence electrons. The first kappa shape index (κ1) is 11.2. The van der Waals surface area contributed by atoms with Gasteiger partial charge >= 0.3 is 0 Å². The van der Waals surface area contributed by atoms with Crippen molar-refractivity contribution >= 4 is 0 Å². The van der Waals surface area contributed by atoms with Crippen LogP contribution in [0.5, 0.6) is 0 Å². The lowest BCUT2D eigenvalue weighted by molar-refractivity contribution is 0.307. The summed E-state index contributed by atoms with van der Waals surface area (Å²) in [5.41, 5.74) is 0.982. The van der Waals surface area contributed by atoms with E-state index in [0.29, 0.717) is 0 Å². The summed E-state index contributed by atoms with van der Waals surface area (Å²) in [7, 11) is 4.02. The molecule has 14 heavy (non-hydrogen) atoms. The van der Waals surface area contributed by atoms with Crippen LogP contribution in [0.4, 0.5) is 0 Å². The van der Waals surface area contributed by atoms with Gasteiger partial charge in [-0.1, -0.05) is 12.1 Å². The maximum Gasteiger partial charge on any atom is 0.150 e. The normalized spacial score (nSPS) is 11.1. The van der Waals surface area contributed by atoms with Crippen molar-refractivity contribution in [1.29, 1.82) is 0 Å². The highest BCUT2D eigenvalue weighted by atomic mass is 16.5. The molecular weight excluding hydrogens is 178 g/mol. The van der Waals surface area contributed by atoms with Crippen LogP contribution < -0.4 is 5.32 Å². The molecule has 0 fully saturated rings. The predicted molar refractivity (Wildman–Crippen MR) is 55.9 cm³/mol. The van der Waals surface area contributed by atoms with Crippen molar-refractivity contribution in [1.82, 2.24) is 15.4 Å². The van der Waals surface area contributed by atoms with E-state index >= 15 is 0 Å². The first-order chi connectivity index (χ1) is 6.72. The molecule has 0 atom stereocenters. The average Bonchev–Trinajstić information content (AvgIpc) is 2.52. The second-order valence-corrected chi connectivity index (χ2v) is 3.70. The van der Waals surface area contributed by atoms with Crippen LogP contribution in [0.2, 0.25) is 0 Å². The summed E-state index contributed by atoms with van der Waals surface area (Å²) >= 11 is 0. The van der Waals surface area contributed by atoms with E-state index in [0.717, 1.165) is 37.5 Å². The molecule has 1 aromatic rings. The van der Waals surface area contributed by atoms with Crippen molar-refractivity contribution < 1.29 is 4.52 Å². The highest BCUT2D eigenvalue weighted by Crippen LogP contribution is 2.04. The Morgan fingerprint density at radius 2 is 2.29 bits per heavy atom. The fourth-order valence-corrected chi connectivity index (χ4v) is 1.22. The lowest BCUT2D eigenvalue weighted by Crippen LogP contribution is -2.13. The molecule has 0 spiro atoms. The molecule has 1 rings (SSSR count). The Bertz CT molecular complexity index is 258. The fraction of sp³-hybridized carbons (Fsp3) is 0.700. The third-order valence-electron chi connectivity index (χ3n) is 1.81. The smallest absolute Gasteiger partial charge is 0.150 e. The standard InChI is InChI=1S/C10H19N3O/c1-4-5-11-7-9-6-10(14-12-9)8-13(2)3/h6,11H,4-5,7-8H2,1-3H3. The Morgan fingerprint density at radius 1 is 1.50 bits per heavy atom. The molecule has 1 aromatic heterocycles. The summed E-state index contributed by atoms with van der Waals surface area (Å²) in [4.78, 5) is 2.06. The molecule has 0 aliphatic heterocycles. The molecule has 0 unspecified atom stereocenters. The van der Waals surface area contributed by atoms with Crippen molar-refractivity contribution in [2.24, 2.45) is 0 Å². The Labute approximate surface area is 85.3 Å². The molecule has 0 saturated carbocycles. The number of hydrogen-bond acceptors (Lipinski definition) is 4.